The van der Waals surface area contributed by atoms with E-state index >= 15 is 0 Å². The Hall–Kier alpha value is -1.32. The lowest BCUT2D eigenvalue weighted by Gasteiger charge is -2.02. The lowest BCUT2D eigenvalue weighted by molar-refractivity contribution is 0.575. The average Bonchev–Trinajstić information content (AvgIpc) is 2.65. The van der Waals surface area contributed by atoms with Crippen LogP contribution in [0.1, 0.15) is 12.8 Å². The van der Waals surface area contributed by atoms with E-state index in [1.807, 2.05) is 0 Å². The summed E-state index contributed by atoms with van der Waals surface area (Å²) in [5.41, 5.74) is 0. The first-order valence-electron chi connectivity index (χ1n) is 4.09. The number of hydrogen-bond donors (Lipinski definition) is 2. The lowest BCUT2D eigenvalue weighted by atomic mass is 10.3. The van der Waals surface area contributed by atoms with Crippen LogP contribution < -0.4 is 4.72 Å². The van der Waals surface area contributed by atoms with Crippen LogP contribution in [0.2, 0.25) is 0 Å². The van der Waals surface area contributed by atoms with Crippen molar-refractivity contribution in [1.82, 2.24) is 14.9 Å². The molecule has 1 aromatic heterocycles. The first-order chi connectivity index (χ1) is 6.67. The van der Waals surface area contributed by atoms with Crippen molar-refractivity contribution in [2.75, 3.05) is 6.54 Å². The lowest BCUT2D eigenvalue weighted by Crippen LogP contribution is -2.25. The second-order valence-electron chi connectivity index (χ2n) is 2.63. The molecule has 0 radical (unpaired) electrons. The Kier molecular flexibility index (Phi) is 3.68. The zero-order chi connectivity index (χ0) is 10.4. The number of aromatic nitrogens is 2. The van der Waals surface area contributed by atoms with E-state index in [1.54, 1.807) is 0 Å². The van der Waals surface area contributed by atoms with Gasteiger partial charge >= 0.3 is 0 Å². The van der Waals surface area contributed by atoms with Gasteiger partial charge in [-0.15, -0.1) is 12.3 Å². The number of H-pyrrole nitrogens is 1. The Balaban J connectivity index is 2.49. The summed E-state index contributed by atoms with van der Waals surface area (Å²) in [5, 5.41) is 6.00. The van der Waals surface area contributed by atoms with Gasteiger partial charge in [0.15, 0.2) is 5.03 Å². The maximum absolute atomic E-state index is 11.4. The van der Waals surface area contributed by atoms with Crippen LogP contribution >= 0.6 is 0 Å². The van der Waals surface area contributed by atoms with Gasteiger partial charge in [-0.2, -0.15) is 5.10 Å². The molecule has 14 heavy (non-hydrogen) atoms. The van der Waals surface area contributed by atoms with Crippen molar-refractivity contribution in [1.29, 1.82) is 0 Å². The minimum atomic E-state index is -3.43. The molecular formula is C8H11N3O2S. The molecule has 1 aromatic rings. The normalized spacial score (nSPS) is 11.1. The van der Waals surface area contributed by atoms with Gasteiger partial charge in [-0.1, -0.05) is 0 Å². The van der Waals surface area contributed by atoms with Crippen LogP contribution in [0.3, 0.4) is 0 Å². The van der Waals surface area contributed by atoms with Crippen molar-refractivity contribution in [3.8, 4) is 12.3 Å². The highest BCUT2D eigenvalue weighted by Crippen LogP contribution is 2.01. The van der Waals surface area contributed by atoms with E-state index in [1.165, 1.54) is 12.3 Å². The highest BCUT2D eigenvalue weighted by atomic mass is 32.2. The van der Waals surface area contributed by atoms with Crippen LogP contribution in [-0.4, -0.2) is 25.2 Å². The van der Waals surface area contributed by atoms with Gasteiger partial charge in [0.1, 0.15) is 0 Å². The predicted molar refractivity (Wildman–Crippen MR) is 51.8 cm³/mol. The summed E-state index contributed by atoms with van der Waals surface area (Å²) in [4.78, 5) is 0. The van der Waals surface area contributed by atoms with Crippen LogP contribution in [-0.2, 0) is 10.0 Å². The number of hydrogen-bond acceptors (Lipinski definition) is 3. The predicted octanol–water partition coefficient (Wildman–Crippen LogP) is 0.101. The number of nitrogens with one attached hydrogen (secondary N) is 2. The van der Waals surface area contributed by atoms with Crippen molar-refractivity contribution in [3.63, 3.8) is 0 Å². The highest BCUT2D eigenvalue weighted by Gasteiger charge is 2.13. The molecule has 2 N–H and O–H groups in total. The summed E-state index contributed by atoms with van der Waals surface area (Å²) in [5.74, 6) is 2.43. The molecule has 76 valence electrons. The van der Waals surface area contributed by atoms with Crippen LogP contribution in [0.4, 0.5) is 0 Å². The summed E-state index contributed by atoms with van der Waals surface area (Å²) >= 11 is 0. The third-order valence-electron chi connectivity index (χ3n) is 1.55. The zero-order valence-corrected chi connectivity index (χ0v) is 8.34. The zero-order valence-electron chi connectivity index (χ0n) is 7.53. The fourth-order valence-electron chi connectivity index (χ4n) is 0.868. The molecule has 6 heteroatoms. The van der Waals surface area contributed by atoms with E-state index in [0.29, 0.717) is 19.4 Å². The van der Waals surface area contributed by atoms with Gasteiger partial charge < -0.3 is 0 Å². The summed E-state index contributed by atoms with van der Waals surface area (Å²) in [6.45, 7) is 0.339. The van der Waals surface area contributed by atoms with Gasteiger partial charge in [-0.3, -0.25) is 5.10 Å². The summed E-state index contributed by atoms with van der Waals surface area (Å²) < 4.78 is 25.2. The van der Waals surface area contributed by atoms with E-state index in [9.17, 15) is 8.42 Å². The molecule has 1 heterocycles. The molecule has 0 spiro atoms. The molecular weight excluding hydrogens is 202 g/mol. The van der Waals surface area contributed by atoms with E-state index in [0.717, 1.165) is 0 Å². The molecule has 0 saturated carbocycles. The van der Waals surface area contributed by atoms with E-state index in [4.69, 9.17) is 6.42 Å². The van der Waals surface area contributed by atoms with Crippen molar-refractivity contribution < 1.29 is 8.42 Å². The SMILES string of the molecule is C#CCCCNS(=O)(=O)c1ccn[nH]1. The van der Waals surface area contributed by atoms with Gasteiger partial charge in [0, 0.05) is 13.0 Å². The Morgan fingerprint density at radius 2 is 2.43 bits per heavy atom. The average molecular weight is 213 g/mol. The van der Waals surface area contributed by atoms with Gasteiger partial charge in [-0.05, 0) is 12.5 Å². The van der Waals surface area contributed by atoms with Crippen LogP contribution in [0.15, 0.2) is 17.3 Å². The van der Waals surface area contributed by atoms with Crippen molar-refractivity contribution in [2.24, 2.45) is 0 Å². The van der Waals surface area contributed by atoms with Crippen molar-refractivity contribution in [2.45, 2.75) is 17.9 Å². The monoisotopic (exact) mass is 213 g/mol. The fraction of sp³-hybridized carbons (Fsp3) is 0.375. The first kappa shape index (κ1) is 10.8. The third kappa shape index (κ3) is 2.87. The molecule has 0 atom stereocenters. The third-order valence-corrected chi connectivity index (χ3v) is 2.95. The number of sulfonamides is 1. The van der Waals surface area contributed by atoms with Crippen LogP contribution in [0.5, 0.6) is 0 Å². The molecule has 0 aliphatic rings. The Labute approximate surface area is 83.0 Å². The molecule has 0 aromatic carbocycles. The summed E-state index contributed by atoms with van der Waals surface area (Å²) in [7, 11) is -3.43. The number of nitrogens with zero attached hydrogens (tertiary/aromatic N) is 1. The minimum Gasteiger partial charge on any atom is -0.266 e. The second kappa shape index (κ2) is 4.79. The Morgan fingerprint density at radius 1 is 1.64 bits per heavy atom. The Morgan fingerprint density at radius 3 is 3.00 bits per heavy atom. The summed E-state index contributed by atoms with van der Waals surface area (Å²) in [6, 6.07) is 1.39. The molecule has 0 saturated heterocycles. The number of terminal acetylenes is 1. The molecule has 0 amide bonds. The number of aromatic amines is 1. The number of unbranched alkanes of at least 4 members (excludes halogenated alkanes) is 1. The smallest absolute Gasteiger partial charge is 0.257 e. The van der Waals surface area contributed by atoms with Crippen LogP contribution in [0, 0.1) is 12.3 Å². The second-order valence-corrected chi connectivity index (χ2v) is 4.36. The standard InChI is InChI=1S/C8H11N3O2S/c1-2-3-4-6-10-14(12,13)8-5-7-9-11-8/h1,5,7,10H,3-4,6H2,(H,9,11). The molecule has 0 fully saturated rings. The molecule has 0 bridgehead atoms. The van der Waals surface area contributed by atoms with Crippen LogP contribution in [0.25, 0.3) is 0 Å². The van der Waals surface area contributed by atoms with E-state index in [-0.39, 0.29) is 5.03 Å². The van der Waals surface area contributed by atoms with Gasteiger partial charge in [0.05, 0.1) is 6.20 Å². The largest absolute Gasteiger partial charge is 0.266 e. The van der Waals surface area contributed by atoms with E-state index in [2.05, 4.69) is 20.8 Å². The molecule has 1 rings (SSSR count). The molecule has 0 aliphatic heterocycles. The fourth-order valence-corrected chi connectivity index (χ4v) is 1.85. The number of rotatable bonds is 5. The topological polar surface area (TPSA) is 74.8 Å². The molecule has 5 nitrogen and oxygen atoms in total. The highest BCUT2D eigenvalue weighted by molar-refractivity contribution is 7.89. The van der Waals surface area contributed by atoms with Crippen molar-refractivity contribution >= 4 is 10.0 Å². The maximum atomic E-state index is 11.4. The summed E-state index contributed by atoms with van der Waals surface area (Å²) in [6.07, 6.45) is 7.60. The van der Waals surface area contributed by atoms with Gasteiger partial charge in [-0.25, -0.2) is 13.1 Å². The quantitative estimate of drug-likeness (QED) is 0.538. The van der Waals surface area contributed by atoms with Crippen molar-refractivity contribution in [3.05, 3.63) is 12.3 Å². The van der Waals surface area contributed by atoms with E-state index < -0.39 is 10.0 Å². The first-order valence-corrected chi connectivity index (χ1v) is 5.57. The Bertz CT molecular complexity index is 402. The van der Waals surface area contributed by atoms with Gasteiger partial charge in [0.2, 0.25) is 0 Å². The molecule has 0 aliphatic carbocycles. The molecule has 0 unspecified atom stereocenters. The maximum Gasteiger partial charge on any atom is 0.257 e. The minimum absolute atomic E-state index is 0.0678. The van der Waals surface area contributed by atoms with Gasteiger partial charge in [0.25, 0.3) is 10.0 Å².